The number of Topliss-reactive ketones (excluding diaryl/α,β-unsaturated/α-hetero) is 1. The molecule has 0 aliphatic rings. The second-order valence-corrected chi connectivity index (χ2v) is 5.00. The monoisotopic (exact) mass is 332 g/mol. The lowest BCUT2D eigenvalue weighted by Gasteiger charge is -2.12. The Balaban J connectivity index is 2.98. The molecule has 0 amide bonds. The smallest absolute Gasteiger partial charge is 0.310 e. The van der Waals surface area contributed by atoms with Crippen LogP contribution in [-0.2, 0) is 20.7 Å². The van der Waals surface area contributed by atoms with Crippen LogP contribution in [-0.4, -0.2) is 18.4 Å². The number of halogens is 2. The molecule has 1 atom stereocenters. The number of esters is 1. The normalized spacial score (nSPS) is 12.0. The zero-order chi connectivity index (χ0) is 13.7. The molecule has 0 saturated heterocycles. The maximum atomic E-state index is 11.4. The summed E-state index contributed by atoms with van der Waals surface area (Å²) in [5, 5.41) is -0.707. The van der Waals surface area contributed by atoms with Crippen molar-refractivity contribution in [3.8, 4) is 0 Å². The van der Waals surface area contributed by atoms with Crippen LogP contribution in [0.15, 0.2) is 22.7 Å². The Hall–Kier alpha value is -0.870. The number of hydrogen-bond acceptors (Lipinski definition) is 3. The molecule has 0 spiro atoms. The van der Waals surface area contributed by atoms with Crippen LogP contribution in [0, 0.1) is 0 Å². The Kier molecular flexibility index (Phi) is 5.82. The first-order chi connectivity index (χ1) is 8.47. The van der Waals surface area contributed by atoms with Gasteiger partial charge in [0.2, 0.25) is 0 Å². The highest BCUT2D eigenvalue weighted by molar-refractivity contribution is 9.10. The zero-order valence-corrected chi connectivity index (χ0v) is 12.5. The molecule has 98 valence electrons. The van der Waals surface area contributed by atoms with E-state index < -0.39 is 5.38 Å². The first-order valence-corrected chi connectivity index (χ1v) is 6.77. The quantitative estimate of drug-likeness (QED) is 0.612. The van der Waals surface area contributed by atoms with E-state index in [1.54, 1.807) is 25.1 Å². The van der Waals surface area contributed by atoms with E-state index >= 15 is 0 Å². The van der Waals surface area contributed by atoms with Crippen molar-refractivity contribution in [1.82, 2.24) is 0 Å². The lowest BCUT2D eigenvalue weighted by Crippen LogP contribution is -2.09. The summed E-state index contributed by atoms with van der Waals surface area (Å²) in [6.07, 6.45) is 0.157. The first kappa shape index (κ1) is 15.2. The van der Waals surface area contributed by atoms with Gasteiger partial charge in [-0.25, -0.2) is 0 Å². The fraction of sp³-hybridized carbons (Fsp3) is 0.385. The fourth-order valence-corrected chi connectivity index (χ4v) is 2.47. The van der Waals surface area contributed by atoms with Crippen LogP contribution in [0.3, 0.4) is 0 Å². The van der Waals surface area contributed by atoms with Gasteiger partial charge in [-0.15, -0.1) is 11.6 Å². The number of ether oxygens (including phenoxy) is 1. The third-order valence-electron chi connectivity index (χ3n) is 2.38. The van der Waals surface area contributed by atoms with Gasteiger partial charge >= 0.3 is 5.97 Å². The molecule has 0 bridgehead atoms. The van der Waals surface area contributed by atoms with Crippen LogP contribution >= 0.6 is 27.5 Å². The minimum Gasteiger partial charge on any atom is -0.466 e. The van der Waals surface area contributed by atoms with Crippen molar-refractivity contribution in [3.05, 3.63) is 33.8 Å². The van der Waals surface area contributed by atoms with Crippen molar-refractivity contribution in [3.63, 3.8) is 0 Å². The molecule has 0 fully saturated rings. The highest BCUT2D eigenvalue weighted by atomic mass is 79.9. The summed E-state index contributed by atoms with van der Waals surface area (Å²) in [7, 11) is 0. The second-order valence-electron chi connectivity index (χ2n) is 3.78. The summed E-state index contributed by atoms with van der Waals surface area (Å²) in [5.41, 5.74) is 1.43. The van der Waals surface area contributed by atoms with E-state index in [4.69, 9.17) is 16.3 Å². The van der Waals surface area contributed by atoms with Gasteiger partial charge in [0.25, 0.3) is 0 Å². The van der Waals surface area contributed by atoms with E-state index in [-0.39, 0.29) is 18.2 Å². The van der Waals surface area contributed by atoms with Crippen LogP contribution in [0.2, 0.25) is 0 Å². The Labute approximate surface area is 120 Å². The minimum absolute atomic E-state index is 0.134. The van der Waals surface area contributed by atoms with Crippen LogP contribution < -0.4 is 0 Å². The Morgan fingerprint density at radius 2 is 2.11 bits per heavy atom. The summed E-state index contributed by atoms with van der Waals surface area (Å²) in [4.78, 5) is 22.7. The molecule has 1 aromatic rings. The highest BCUT2D eigenvalue weighted by Gasteiger charge is 2.18. The summed E-state index contributed by atoms with van der Waals surface area (Å²) in [6, 6.07) is 5.33. The summed E-state index contributed by atoms with van der Waals surface area (Å²) in [5.74, 6) is -0.435. The predicted molar refractivity (Wildman–Crippen MR) is 73.8 cm³/mol. The molecule has 0 aliphatic carbocycles. The van der Waals surface area contributed by atoms with E-state index in [1.807, 2.05) is 0 Å². The number of carbonyl (C=O) groups is 2. The number of alkyl halides is 1. The van der Waals surface area contributed by atoms with Crippen molar-refractivity contribution < 1.29 is 14.3 Å². The molecule has 0 heterocycles. The summed E-state index contributed by atoms with van der Waals surface area (Å²) >= 11 is 9.41. The van der Waals surface area contributed by atoms with E-state index in [9.17, 15) is 9.59 Å². The summed E-state index contributed by atoms with van der Waals surface area (Å²) < 4.78 is 5.58. The standard InChI is InChI=1S/C13H14BrClO3/c1-3-18-11(17)7-9-5-4-6-10(12(9)14)13(15)8(2)16/h4-6,13H,3,7H2,1-2H3. The van der Waals surface area contributed by atoms with Crippen LogP contribution in [0.5, 0.6) is 0 Å². The Bertz CT molecular complexity index is 460. The molecule has 0 saturated carbocycles. The van der Waals surface area contributed by atoms with Gasteiger partial charge in [0.1, 0.15) is 5.38 Å². The molecule has 1 rings (SSSR count). The molecule has 1 unspecified atom stereocenters. The van der Waals surface area contributed by atoms with Gasteiger partial charge in [0, 0.05) is 4.47 Å². The molecule has 18 heavy (non-hydrogen) atoms. The number of hydrogen-bond donors (Lipinski definition) is 0. The third kappa shape index (κ3) is 3.82. The lowest BCUT2D eigenvalue weighted by atomic mass is 10.0. The maximum absolute atomic E-state index is 11.4. The maximum Gasteiger partial charge on any atom is 0.310 e. The van der Waals surface area contributed by atoms with E-state index in [1.165, 1.54) is 6.92 Å². The van der Waals surface area contributed by atoms with Crippen molar-refractivity contribution in [2.24, 2.45) is 0 Å². The average Bonchev–Trinajstić information content (AvgIpc) is 2.31. The van der Waals surface area contributed by atoms with E-state index in [2.05, 4.69) is 15.9 Å². The molecule has 0 aromatic heterocycles. The highest BCUT2D eigenvalue weighted by Crippen LogP contribution is 2.31. The van der Waals surface area contributed by atoms with Crippen molar-refractivity contribution in [2.75, 3.05) is 6.61 Å². The van der Waals surface area contributed by atoms with Gasteiger partial charge < -0.3 is 4.74 Å². The van der Waals surface area contributed by atoms with Gasteiger partial charge in [0.05, 0.1) is 13.0 Å². The second kappa shape index (κ2) is 6.90. The number of ketones is 1. The molecule has 0 radical (unpaired) electrons. The SMILES string of the molecule is CCOC(=O)Cc1cccc(C(Cl)C(C)=O)c1Br. The van der Waals surface area contributed by atoms with Gasteiger partial charge in [-0.05, 0) is 25.0 Å². The average molecular weight is 334 g/mol. The molecule has 0 aliphatic heterocycles. The molecule has 5 heteroatoms. The third-order valence-corrected chi connectivity index (χ3v) is 3.89. The van der Waals surface area contributed by atoms with Crippen molar-refractivity contribution >= 4 is 39.3 Å². The van der Waals surface area contributed by atoms with Gasteiger partial charge in [-0.2, -0.15) is 0 Å². The Morgan fingerprint density at radius 1 is 1.44 bits per heavy atom. The van der Waals surface area contributed by atoms with Crippen molar-refractivity contribution in [1.29, 1.82) is 0 Å². The number of benzene rings is 1. The van der Waals surface area contributed by atoms with Gasteiger partial charge in [-0.3, -0.25) is 9.59 Å². The van der Waals surface area contributed by atoms with Gasteiger partial charge in [-0.1, -0.05) is 34.1 Å². The molecule has 0 N–H and O–H groups in total. The van der Waals surface area contributed by atoms with Crippen LogP contribution in [0.1, 0.15) is 30.4 Å². The van der Waals surface area contributed by atoms with E-state index in [0.29, 0.717) is 16.6 Å². The minimum atomic E-state index is -0.707. The fourth-order valence-electron chi connectivity index (χ4n) is 1.52. The number of rotatable bonds is 5. The zero-order valence-electron chi connectivity index (χ0n) is 10.2. The first-order valence-electron chi connectivity index (χ1n) is 5.54. The van der Waals surface area contributed by atoms with E-state index in [0.717, 1.165) is 5.56 Å². The van der Waals surface area contributed by atoms with Gasteiger partial charge in [0.15, 0.2) is 5.78 Å². The molecule has 1 aromatic carbocycles. The van der Waals surface area contributed by atoms with Crippen LogP contribution in [0.25, 0.3) is 0 Å². The van der Waals surface area contributed by atoms with Crippen molar-refractivity contribution in [2.45, 2.75) is 25.6 Å². The molecular weight excluding hydrogens is 319 g/mol. The summed E-state index contributed by atoms with van der Waals surface area (Å²) in [6.45, 7) is 3.54. The molecular formula is C13H14BrClO3. The molecule has 3 nitrogen and oxygen atoms in total. The number of carbonyl (C=O) groups excluding carboxylic acids is 2. The predicted octanol–water partition coefficient (Wildman–Crippen LogP) is 3.42. The lowest BCUT2D eigenvalue weighted by molar-refractivity contribution is -0.142. The largest absolute Gasteiger partial charge is 0.466 e. The topological polar surface area (TPSA) is 43.4 Å². The Morgan fingerprint density at radius 3 is 2.67 bits per heavy atom. The van der Waals surface area contributed by atoms with Crippen LogP contribution in [0.4, 0.5) is 0 Å².